The number of hydrogen-bond acceptors (Lipinski definition) is 9. The molecule has 1 aromatic heterocycles. The number of nitrogens with zero attached hydrogens (tertiary/aromatic N) is 6. The van der Waals surface area contributed by atoms with Crippen LogP contribution in [-0.2, 0) is 4.79 Å². The number of primary amides is 1. The minimum atomic E-state index is -3.54. The summed E-state index contributed by atoms with van der Waals surface area (Å²) in [5, 5.41) is 3.57. The van der Waals surface area contributed by atoms with Gasteiger partial charge in [0.05, 0.1) is 26.0 Å². The lowest BCUT2D eigenvalue weighted by Gasteiger charge is -2.54. The van der Waals surface area contributed by atoms with Crippen LogP contribution in [0.25, 0.3) is 0 Å². The molecule has 2 aromatic rings. The number of aromatic nitrogens is 2. The molecule has 5 aliphatic rings. The second-order valence-corrected chi connectivity index (χ2v) is 13.7. The smallest absolute Gasteiger partial charge is 0.342 e. The van der Waals surface area contributed by atoms with Gasteiger partial charge in [-0.1, -0.05) is 18.9 Å². The fourth-order valence-corrected chi connectivity index (χ4v) is 7.88. The number of methoxy groups -OCH3 is 1. The molecule has 2 saturated heterocycles. The molecule has 2 amide bonds. The normalized spacial score (nSPS) is 26.0. The number of nitrogens with two attached hydrogens (primary N) is 1. The van der Waals surface area contributed by atoms with Gasteiger partial charge in [0.25, 0.3) is 5.91 Å². The molecule has 2 atom stereocenters. The predicted molar refractivity (Wildman–Crippen MR) is 171 cm³/mol. The number of benzene rings is 1. The van der Waals surface area contributed by atoms with Crippen LogP contribution in [0.4, 0.5) is 26.2 Å². The maximum Gasteiger partial charge on any atom is 0.342 e. The highest BCUT2D eigenvalue weighted by Gasteiger charge is 2.50. The lowest BCUT2D eigenvalue weighted by molar-refractivity contribution is -0.140. The van der Waals surface area contributed by atoms with E-state index in [9.17, 15) is 9.59 Å². The largest absolute Gasteiger partial charge is 0.496 e. The molecule has 2 unspecified atom stereocenters. The Kier molecular flexibility index (Phi) is 8.25. The number of rotatable bonds is 9. The molecule has 2 aliphatic carbocycles. The molecule has 13 heteroatoms. The van der Waals surface area contributed by atoms with Crippen molar-refractivity contribution in [3.05, 3.63) is 35.5 Å². The summed E-state index contributed by atoms with van der Waals surface area (Å²) in [5.74, 6) is -3.19. The summed E-state index contributed by atoms with van der Waals surface area (Å²) in [4.78, 5) is 41.8. The van der Waals surface area contributed by atoms with Crippen molar-refractivity contribution >= 4 is 29.3 Å². The Labute approximate surface area is 268 Å². The van der Waals surface area contributed by atoms with Gasteiger partial charge in [0.15, 0.2) is 5.82 Å². The lowest BCUT2D eigenvalue weighted by atomic mass is 9.83. The van der Waals surface area contributed by atoms with Crippen molar-refractivity contribution in [2.45, 2.75) is 81.5 Å². The SMILES string of the molecule is COc1cc(C(N)=O)ccc1C1CN(C2CCN(CC3CC3)CC2)C1Nc1ncc2c(n1)N(C1CCCC1)CC(F)(F)C(=O)N2C. The zero-order chi connectivity index (χ0) is 32.2. The van der Waals surface area contributed by atoms with E-state index in [1.54, 1.807) is 24.1 Å². The summed E-state index contributed by atoms with van der Waals surface area (Å²) in [6.45, 7) is 3.39. The minimum absolute atomic E-state index is 0.0108. The van der Waals surface area contributed by atoms with Crippen LogP contribution in [0.3, 0.4) is 0 Å². The molecule has 4 heterocycles. The van der Waals surface area contributed by atoms with E-state index < -0.39 is 24.3 Å². The first-order chi connectivity index (χ1) is 22.1. The zero-order valence-electron chi connectivity index (χ0n) is 26.6. The van der Waals surface area contributed by atoms with Gasteiger partial charge < -0.3 is 30.5 Å². The van der Waals surface area contributed by atoms with E-state index in [0.29, 0.717) is 29.1 Å². The Morgan fingerprint density at radius 1 is 1.11 bits per heavy atom. The molecule has 248 valence electrons. The molecule has 11 nitrogen and oxygen atoms in total. The summed E-state index contributed by atoms with van der Waals surface area (Å²) in [6.07, 6.45) is 9.55. The maximum absolute atomic E-state index is 15.2. The number of carbonyl (C=O) groups is 2. The molecule has 7 rings (SSSR count). The van der Waals surface area contributed by atoms with E-state index in [2.05, 4.69) is 20.1 Å². The second kappa shape index (κ2) is 12.2. The lowest BCUT2D eigenvalue weighted by Crippen LogP contribution is -2.63. The number of halogens is 2. The summed E-state index contributed by atoms with van der Waals surface area (Å²) < 4.78 is 36.0. The number of hydrogen-bond donors (Lipinski definition) is 2. The van der Waals surface area contributed by atoms with Gasteiger partial charge >= 0.3 is 5.92 Å². The maximum atomic E-state index is 15.2. The number of carbonyl (C=O) groups excluding carboxylic acids is 2. The van der Waals surface area contributed by atoms with Crippen LogP contribution in [0.2, 0.25) is 0 Å². The van der Waals surface area contributed by atoms with Crippen LogP contribution in [0.15, 0.2) is 24.4 Å². The molecule has 1 aromatic carbocycles. The van der Waals surface area contributed by atoms with Crippen LogP contribution in [0, 0.1) is 5.92 Å². The first-order valence-electron chi connectivity index (χ1n) is 16.6. The highest BCUT2D eigenvalue weighted by Crippen LogP contribution is 2.44. The molecule has 0 bridgehead atoms. The standard InChI is InChI=1S/C33H44F2N8O3/c1-40-26-16-37-32(39-30(26)43(22-5-3-4-6-22)19-33(34,35)31(40)45)38-29-25(24-10-9-21(28(36)44)15-27(24)46-2)18-42(29)23-11-13-41(14-12-23)17-20-7-8-20/h9-10,15-16,20,22-23,25,29H,3-8,11-14,17-19H2,1-2H3,(H2,36,44)(H,37,38,39). The van der Waals surface area contributed by atoms with E-state index in [-0.39, 0.29) is 23.8 Å². The third-order valence-electron chi connectivity index (χ3n) is 10.7. The van der Waals surface area contributed by atoms with E-state index in [1.165, 1.54) is 32.6 Å². The molecular formula is C33H44F2N8O3. The van der Waals surface area contributed by atoms with Crippen molar-refractivity contribution in [3.63, 3.8) is 0 Å². The fourth-order valence-electron chi connectivity index (χ4n) is 7.88. The number of piperidine rings is 1. The second-order valence-electron chi connectivity index (χ2n) is 13.7. The predicted octanol–water partition coefficient (Wildman–Crippen LogP) is 3.66. The fraction of sp³-hybridized carbons (Fsp3) is 0.636. The number of likely N-dealkylation sites (tertiary alicyclic amines) is 2. The van der Waals surface area contributed by atoms with Gasteiger partial charge in [-0.25, -0.2) is 4.98 Å². The van der Waals surface area contributed by atoms with E-state index in [1.807, 2.05) is 6.07 Å². The van der Waals surface area contributed by atoms with E-state index in [4.69, 9.17) is 15.5 Å². The summed E-state index contributed by atoms with van der Waals surface area (Å²) in [7, 11) is 2.95. The molecule has 46 heavy (non-hydrogen) atoms. The van der Waals surface area contributed by atoms with E-state index >= 15 is 8.78 Å². The van der Waals surface area contributed by atoms with Crippen LogP contribution >= 0.6 is 0 Å². The van der Waals surface area contributed by atoms with Gasteiger partial charge in [0, 0.05) is 49.3 Å². The summed E-state index contributed by atoms with van der Waals surface area (Å²) in [6, 6.07) is 5.55. The number of anilines is 3. The van der Waals surface area contributed by atoms with Crippen LogP contribution in [0.1, 0.15) is 73.2 Å². The highest BCUT2D eigenvalue weighted by atomic mass is 19.3. The van der Waals surface area contributed by atoms with Gasteiger partial charge in [-0.05, 0) is 69.7 Å². The quantitative estimate of drug-likeness (QED) is 0.424. The van der Waals surface area contributed by atoms with Gasteiger partial charge in [-0.3, -0.25) is 14.5 Å². The monoisotopic (exact) mass is 638 g/mol. The van der Waals surface area contributed by atoms with Crippen LogP contribution in [-0.4, -0.2) is 103 Å². The van der Waals surface area contributed by atoms with E-state index in [0.717, 1.165) is 74.5 Å². The Balaban J connectivity index is 1.19. The van der Waals surface area contributed by atoms with Gasteiger partial charge in [0.2, 0.25) is 11.9 Å². The number of ether oxygens (including phenoxy) is 1. The molecular weight excluding hydrogens is 594 g/mol. The number of fused-ring (bicyclic) bond motifs is 1. The molecule has 2 saturated carbocycles. The van der Waals surface area contributed by atoms with Crippen molar-refractivity contribution in [3.8, 4) is 5.75 Å². The third kappa shape index (κ3) is 5.87. The first kappa shape index (κ1) is 31.0. The van der Waals surface area contributed by atoms with Crippen LogP contribution < -0.4 is 25.6 Å². The Bertz CT molecular complexity index is 1470. The van der Waals surface area contributed by atoms with Gasteiger partial charge in [-0.2, -0.15) is 13.8 Å². The zero-order valence-corrected chi connectivity index (χ0v) is 26.6. The van der Waals surface area contributed by atoms with Crippen LogP contribution in [0.5, 0.6) is 5.75 Å². The van der Waals surface area contributed by atoms with Gasteiger partial charge in [0.1, 0.15) is 11.4 Å². The topological polar surface area (TPSA) is 120 Å². The molecule has 0 radical (unpaired) electrons. The molecule has 3 aliphatic heterocycles. The van der Waals surface area contributed by atoms with Gasteiger partial charge in [-0.15, -0.1) is 0 Å². The van der Waals surface area contributed by atoms with Crippen molar-refractivity contribution in [1.29, 1.82) is 0 Å². The number of nitrogens with one attached hydrogen (secondary N) is 1. The number of amides is 2. The van der Waals surface area contributed by atoms with Crippen molar-refractivity contribution in [2.75, 3.05) is 62.0 Å². The first-order valence-corrected chi connectivity index (χ1v) is 16.6. The Hall–Kier alpha value is -3.58. The molecule has 4 fully saturated rings. The average Bonchev–Trinajstić information content (AvgIpc) is 3.70. The summed E-state index contributed by atoms with van der Waals surface area (Å²) >= 11 is 0. The minimum Gasteiger partial charge on any atom is -0.496 e. The third-order valence-corrected chi connectivity index (χ3v) is 10.7. The Morgan fingerprint density at radius 2 is 1.85 bits per heavy atom. The highest BCUT2D eigenvalue weighted by molar-refractivity contribution is 6.02. The number of alkyl halides is 2. The van der Waals surface area contributed by atoms with Crippen molar-refractivity contribution in [2.24, 2.45) is 11.7 Å². The molecule has 3 N–H and O–H groups in total. The van der Waals surface area contributed by atoms with Crippen molar-refractivity contribution in [1.82, 2.24) is 19.8 Å². The average molecular weight is 639 g/mol. The summed E-state index contributed by atoms with van der Waals surface area (Å²) in [5.41, 5.74) is 7.16. The Morgan fingerprint density at radius 3 is 2.52 bits per heavy atom. The molecule has 0 spiro atoms. The van der Waals surface area contributed by atoms with Crippen molar-refractivity contribution < 1.29 is 23.1 Å².